The first kappa shape index (κ1) is 33.3. The number of carbonyl (C=O) groups excluding carboxylic acids is 3. The van der Waals surface area contributed by atoms with Crippen LogP contribution in [-0.4, -0.2) is 82.2 Å². The van der Waals surface area contributed by atoms with Crippen LogP contribution in [0.5, 0.6) is 5.75 Å². The molecule has 1 rings (SSSR count). The normalized spacial score (nSPS) is 13.9. The minimum absolute atomic E-state index is 0.0658. The molecule has 0 bridgehead atoms. The van der Waals surface area contributed by atoms with Crippen molar-refractivity contribution in [2.45, 2.75) is 75.5 Å². The van der Waals surface area contributed by atoms with Gasteiger partial charge < -0.3 is 48.5 Å². The van der Waals surface area contributed by atoms with Crippen molar-refractivity contribution in [3.05, 3.63) is 29.8 Å². The van der Waals surface area contributed by atoms with E-state index in [0.717, 1.165) is 0 Å². The van der Waals surface area contributed by atoms with Crippen LogP contribution in [0, 0.1) is 0 Å². The van der Waals surface area contributed by atoms with Crippen molar-refractivity contribution in [1.82, 2.24) is 16.0 Å². The van der Waals surface area contributed by atoms with E-state index in [1.807, 2.05) is 0 Å². The third-order valence-electron chi connectivity index (χ3n) is 5.88. The molecule has 4 atom stereocenters. The van der Waals surface area contributed by atoms with Crippen molar-refractivity contribution < 1.29 is 39.3 Å². The van der Waals surface area contributed by atoms with E-state index in [2.05, 4.69) is 16.0 Å². The molecule has 0 saturated carbocycles. The number of amides is 3. The van der Waals surface area contributed by atoms with E-state index in [9.17, 15) is 34.2 Å². The average molecular weight is 553 g/mol. The van der Waals surface area contributed by atoms with Gasteiger partial charge in [0.25, 0.3) is 0 Å². The van der Waals surface area contributed by atoms with Gasteiger partial charge in [0.05, 0.1) is 12.5 Å². The first-order valence-corrected chi connectivity index (χ1v) is 12.8. The van der Waals surface area contributed by atoms with Crippen LogP contribution >= 0.6 is 0 Å². The second kappa shape index (κ2) is 17.7. The van der Waals surface area contributed by atoms with Crippen LogP contribution in [0.2, 0.25) is 0 Å². The molecule has 39 heavy (non-hydrogen) atoms. The number of rotatable bonds is 19. The van der Waals surface area contributed by atoms with Crippen LogP contribution in [0.4, 0.5) is 0 Å². The molecule has 0 aromatic heterocycles. The molecule has 14 nitrogen and oxygen atoms in total. The first-order chi connectivity index (χ1) is 18.5. The second-order valence-electron chi connectivity index (χ2n) is 9.17. The second-order valence-corrected chi connectivity index (χ2v) is 9.17. The van der Waals surface area contributed by atoms with Gasteiger partial charge in [-0.1, -0.05) is 12.1 Å². The maximum atomic E-state index is 13.2. The van der Waals surface area contributed by atoms with E-state index in [1.54, 1.807) is 12.1 Å². The Morgan fingerprint density at radius 1 is 0.718 bits per heavy atom. The zero-order chi connectivity index (χ0) is 29.4. The van der Waals surface area contributed by atoms with Crippen LogP contribution in [0.3, 0.4) is 0 Å². The Bertz CT molecular complexity index is 958. The van der Waals surface area contributed by atoms with E-state index in [1.165, 1.54) is 12.1 Å². The number of nitrogens with two attached hydrogens (primary N) is 3. The molecule has 4 unspecified atom stereocenters. The molecule has 0 aliphatic carbocycles. The molecule has 14 heteroatoms. The van der Waals surface area contributed by atoms with E-state index >= 15 is 0 Å². The number of carbonyl (C=O) groups is 5. The Morgan fingerprint density at radius 3 is 1.62 bits per heavy atom. The Hall–Kier alpha value is -3.75. The van der Waals surface area contributed by atoms with Gasteiger partial charge in [0, 0.05) is 0 Å². The topological polar surface area (TPSA) is 260 Å². The van der Waals surface area contributed by atoms with Crippen LogP contribution in [0.25, 0.3) is 0 Å². The highest BCUT2D eigenvalue weighted by molar-refractivity contribution is 5.94. The summed E-state index contributed by atoms with van der Waals surface area (Å²) in [7, 11) is 0. The van der Waals surface area contributed by atoms with Crippen LogP contribution < -0.4 is 33.2 Å². The minimum Gasteiger partial charge on any atom is -0.508 e. The summed E-state index contributed by atoms with van der Waals surface area (Å²) < 4.78 is 0. The van der Waals surface area contributed by atoms with Crippen molar-refractivity contribution in [3.8, 4) is 5.75 Å². The Balaban J connectivity index is 2.99. The molecular weight excluding hydrogens is 512 g/mol. The molecule has 3 amide bonds. The fraction of sp³-hybridized carbons (Fsp3) is 0.560. The molecule has 0 fully saturated rings. The number of nitrogens with one attached hydrogen (secondary N) is 3. The third kappa shape index (κ3) is 13.0. The lowest BCUT2D eigenvalue weighted by atomic mass is 10.0. The molecule has 1 aromatic carbocycles. The summed E-state index contributed by atoms with van der Waals surface area (Å²) in [6, 6.07) is 1.21. The molecule has 1 aromatic rings. The van der Waals surface area contributed by atoms with Crippen molar-refractivity contribution in [1.29, 1.82) is 0 Å². The van der Waals surface area contributed by atoms with Gasteiger partial charge in [-0.15, -0.1) is 0 Å². The number of aliphatic carboxylic acids is 2. The summed E-state index contributed by atoms with van der Waals surface area (Å²) in [5.74, 6) is -5.05. The Labute approximate surface area is 226 Å². The van der Waals surface area contributed by atoms with E-state index in [0.29, 0.717) is 44.3 Å². The molecular formula is C25H40N6O8. The number of hydrogen-bond donors (Lipinski definition) is 9. The van der Waals surface area contributed by atoms with Gasteiger partial charge in [-0.3, -0.25) is 19.2 Å². The maximum absolute atomic E-state index is 13.2. The molecule has 0 heterocycles. The highest BCUT2D eigenvalue weighted by Gasteiger charge is 2.30. The monoisotopic (exact) mass is 552 g/mol. The third-order valence-corrected chi connectivity index (χ3v) is 5.88. The number of phenolic OH excluding ortho intramolecular Hbond substituents is 1. The minimum atomic E-state index is -1.69. The molecule has 12 N–H and O–H groups in total. The van der Waals surface area contributed by atoms with Gasteiger partial charge in [-0.2, -0.15) is 0 Å². The number of carboxylic acid groups (broad SMARTS) is 2. The predicted octanol–water partition coefficient (Wildman–Crippen LogP) is -1.47. The van der Waals surface area contributed by atoms with Crippen LogP contribution in [-0.2, 0) is 30.4 Å². The number of benzene rings is 1. The van der Waals surface area contributed by atoms with Gasteiger partial charge in [0.1, 0.15) is 23.9 Å². The summed E-state index contributed by atoms with van der Waals surface area (Å²) in [4.78, 5) is 61.2. The zero-order valence-corrected chi connectivity index (χ0v) is 21.8. The molecule has 0 saturated heterocycles. The first-order valence-electron chi connectivity index (χ1n) is 12.8. The largest absolute Gasteiger partial charge is 0.508 e. The fourth-order valence-corrected chi connectivity index (χ4v) is 3.70. The van der Waals surface area contributed by atoms with Gasteiger partial charge in [-0.25, -0.2) is 4.79 Å². The standard InChI is InChI=1S/C25H40N6O8/c26-11-3-1-5-18(29-22(35)17(28)13-15-7-9-16(32)10-8-15)23(36)30-19(6-2-4-12-27)24(37)31-20(25(38)39)14-21(33)34/h7-10,17-20,32H,1-6,11-14,26-28H2,(H,29,35)(H,30,36)(H,31,37)(H,33,34)(H,38,39). The summed E-state index contributed by atoms with van der Waals surface area (Å²) >= 11 is 0. The molecule has 0 radical (unpaired) electrons. The molecule has 0 aliphatic rings. The number of aromatic hydroxyl groups is 1. The number of phenols is 1. The number of hydrogen-bond acceptors (Lipinski definition) is 9. The maximum Gasteiger partial charge on any atom is 0.326 e. The SMILES string of the molecule is NCCCCC(NC(=O)C(N)Cc1ccc(O)cc1)C(=O)NC(CCCCN)C(=O)NC(CC(=O)O)C(=O)O. The van der Waals surface area contributed by atoms with Gasteiger partial charge in [0.15, 0.2) is 0 Å². The quantitative estimate of drug-likeness (QED) is 0.0895. The van der Waals surface area contributed by atoms with Gasteiger partial charge in [0.2, 0.25) is 17.7 Å². The summed E-state index contributed by atoms with van der Waals surface area (Å²) in [5, 5.41) is 35.0. The van der Waals surface area contributed by atoms with Gasteiger partial charge >= 0.3 is 11.9 Å². The number of unbranched alkanes of at least 4 members (excludes halogenated alkanes) is 2. The van der Waals surface area contributed by atoms with Crippen molar-refractivity contribution >= 4 is 29.7 Å². The van der Waals surface area contributed by atoms with Crippen LogP contribution in [0.15, 0.2) is 24.3 Å². The molecule has 0 aliphatic heterocycles. The zero-order valence-electron chi connectivity index (χ0n) is 21.8. The Morgan fingerprint density at radius 2 is 1.18 bits per heavy atom. The number of carboxylic acids is 2. The highest BCUT2D eigenvalue weighted by Crippen LogP contribution is 2.12. The predicted molar refractivity (Wildman–Crippen MR) is 141 cm³/mol. The van der Waals surface area contributed by atoms with Crippen molar-refractivity contribution in [3.63, 3.8) is 0 Å². The summed E-state index contributed by atoms with van der Waals surface area (Å²) in [6.45, 7) is 0.697. The lowest BCUT2D eigenvalue weighted by molar-refractivity contribution is -0.147. The van der Waals surface area contributed by atoms with Crippen molar-refractivity contribution in [2.75, 3.05) is 13.1 Å². The van der Waals surface area contributed by atoms with Gasteiger partial charge in [-0.05, 0) is 75.7 Å². The highest BCUT2D eigenvalue weighted by atomic mass is 16.4. The van der Waals surface area contributed by atoms with E-state index in [-0.39, 0.29) is 25.0 Å². The molecule has 0 spiro atoms. The lowest BCUT2D eigenvalue weighted by Crippen LogP contribution is -2.57. The van der Waals surface area contributed by atoms with Crippen LogP contribution in [0.1, 0.15) is 50.5 Å². The molecule has 218 valence electrons. The van der Waals surface area contributed by atoms with Crippen molar-refractivity contribution in [2.24, 2.45) is 17.2 Å². The summed E-state index contributed by atoms with van der Waals surface area (Å²) in [6.07, 6.45) is 1.63. The smallest absolute Gasteiger partial charge is 0.326 e. The lowest BCUT2D eigenvalue weighted by Gasteiger charge is -2.25. The Kier molecular flexibility index (Phi) is 15.1. The van der Waals surface area contributed by atoms with E-state index in [4.69, 9.17) is 22.3 Å². The summed E-state index contributed by atoms with van der Waals surface area (Å²) in [5.41, 5.74) is 17.8. The van der Waals surface area contributed by atoms with E-state index < -0.39 is 60.2 Å². The average Bonchev–Trinajstić information content (AvgIpc) is 2.88. The fourth-order valence-electron chi connectivity index (χ4n) is 3.70.